The second kappa shape index (κ2) is 7.69. The molecule has 0 fully saturated rings. The van der Waals surface area contributed by atoms with Gasteiger partial charge in [0.1, 0.15) is 0 Å². The normalized spacial score (nSPS) is 11.1. The molecule has 5 N–H and O–H groups in total. The van der Waals surface area contributed by atoms with Gasteiger partial charge in [0.2, 0.25) is 5.91 Å². The number of carbonyl (C=O) groups is 1. The van der Waals surface area contributed by atoms with Gasteiger partial charge in [0.25, 0.3) is 0 Å². The number of rotatable bonds is 5. The molecule has 4 nitrogen and oxygen atoms in total. The van der Waals surface area contributed by atoms with Crippen LogP contribution < -0.4 is 16.8 Å². The van der Waals surface area contributed by atoms with Crippen molar-refractivity contribution in [2.75, 3.05) is 11.5 Å². The number of nitrogens with one attached hydrogen (secondary N) is 1. The fourth-order valence-corrected chi connectivity index (χ4v) is 1.85. The molecule has 0 atom stereocenters. The zero-order valence-electron chi connectivity index (χ0n) is 12.2. The van der Waals surface area contributed by atoms with Crippen LogP contribution in [0.4, 0.5) is 11.4 Å². The third kappa shape index (κ3) is 4.83. The Kier molecular flexibility index (Phi) is 5.37. The second-order valence-electron chi connectivity index (χ2n) is 4.81. The number of anilines is 2. The molecule has 1 amide bonds. The lowest BCUT2D eigenvalue weighted by atomic mass is 10.1. The zero-order valence-corrected chi connectivity index (χ0v) is 12.2. The van der Waals surface area contributed by atoms with Crippen molar-refractivity contribution in [3.63, 3.8) is 0 Å². The highest BCUT2D eigenvalue weighted by Gasteiger charge is 1.95. The maximum absolute atomic E-state index is 11.7. The van der Waals surface area contributed by atoms with E-state index < -0.39 is 0 Å². The number of benzene rings is 2. The summed E-state index contributed by atoms with van der Waals surface area (Å²) in [6.45, 7) is 0.516. The molecule has 2 aromatic rings. The lowest BCUT2D eigenvalue weighted by Crippen LogP contribution is -2.20. The third-order valence-corrected chi connectivity index (χ3v) is 3.07. The average Bonchev–Trinajstić information content (AvgIpc) is 2.54. The summed E-state index contributed by atoms with van der Waals surface area (Å²) in [4.78, 5) is 11.7. The quantitative estimate of drug-likeness (QED) is 0.450. The number of hydrogen-bond acceptors (Lipinski definition) is 3. The molecule has 0 saturated heterocycles. The molecule has 2 rings (SSSR count). The van der Waals surface area contributed by atoms with Crippen molar-refractivity contribution >= 4 is 23.4 Å². The van der Waals surface area contributed by atoms with E-state index in [0.717, 1.165) is 11.1 Å². The van der Waals surface area contributed by atoms with Crippen molar-refractivity contribution < 1.29 is 4.79 Å². The number of carbonyl (C=O) groups excluding carboxylic acids is 1. The topological polar surface area (TPSA) is 81.1 Å². The number of nitrogens with two attached hydrogens (primary N) is 2. The van der Waals surface area contributed by atoms with Crippen LogP contribution in [-0.4, -0.2) is 5.91 Å². The van der Waals surface area contributed by atoms with Crippen molar-refractivity contribution in [3.8, 4) is 0 Å². The minimum atomic E-state index is -0.134. The number of amides is 1. The summed E-state index contributed by atoms with van der Waals surface area (Å²) in [5.41, 5.74) is 14.5. The highest BCUT2D eigenvalue weighted by Crippen LogP contribution is 2.16. The molecule has 0 aliphatic rings. The minimum Gasteiger partial charge on any atom is -0.397 e. The van der Waals surface area contributed by atoms with Gasteiger partial charge in [0.15, 0.2) is 0 Å². The summed E-state index contributed by atoms with van der Waals surface area (Å²) < 4.78 is 0. The molecule has 0 aromatic heterocycles. The van der Waals surface area contributed by atoms with Crippen LogP contribution in [0.5, 0.6) is 0 Å². The lowest BCUT2D eigenvalue weighted by Gasteiger charge is -2.01. The van der Waals surface area contributed by atoms with Crippen LogP contribution in [0.25, 0.3) is 6.08 Å². The van der Waals surface area contributed by atoms with E-state index in [0.29, 0.717) is 17.9 Å². The van der Waals surface area contributed by atoms with E-state index in [1.54, 1.807) is 24.3 Å². The molecule has 0 heterocycles. The van der Waals surface area contributed by atoms with Gasteiger partial charge >= 0.3 is 0 Å². The molecule has 0 spiro atoms. The molecule has 0 aliphatic heterocycles. The summed E-state index contributed by atoms with van der Waals surface area (Å²) in [5, 5.41) is 2.82. The molecule has 0 aliphatic carbocycles. The SMILES string of the molecule is Nc1ccc(/C=C/C=C/C(=O)NCc2ccccc2)cc1N. The molecule has 22 heavy (non-hydrogen) atoms. The Morgan fingerprint density at radius 3 is 2.50 bits per heavy atom. The fraction of sp³-hybridized carbons (Fsp3) is 0.0556. The molecule has 0 unspecified atom stereocenters. The monoisotopic (exact) mass is 293 g/mol. The van der Waals surface area contributed by atoms with Gasteiger partial charge in [-0.05, 0) is 23.3 Å². The Bertz CT molecular complexity index is 691. The van der Waals surface area contributed by atoms with E-state index in [2.05, 4.69) is 5.32 Å². The predicted molar refractivity (Wildman–Crippen MR) is 91.7 cm³/mol. The van der Waals surface area contributed by atoms with Crippen LogP contribution in [0.1, 0.15) is 11.1 Å². The van der Waals surface area contributed by atoms with Gasteiger partial charge in [-0.1, -0.05) is 54.6 Å². The molecule has 0 saturated carbocycles. The summed E-state index contributed by atoms with van der Waals surface area (Å²) in [5.74, 6) is -0.134. The van der Waals surface area contributed by atoms with Gasteiger partial charge < -0.3 is 16.8 Å². The smallest absolute Gasteiger partial charge is 0.244 e. The molecule has 2 aromatic carbocycles. The van der Waals surface area contributed by atoms with Crippen LogP contribution in [0, 0.1) is 0 Å². The van der Waals surface area contributed by atoms with Crippen molar-refractivity contribution in [3.05, 3.63) is 77.9 Å². The average molecular weight is 293 g/mol. The molecule has 112 valence electrons. The van der Waals surface area contributed by atoms with Gasteiger partial charge in [0.05, 0.1) is 11.4 Å². The van der Waals surface area contributed by atoms with Crippen molar-refractivity contribution in [1.29, 1.82) is 0 Å². The van der Waals surface area contributed by atoms with Crippen LogP contribution in [0.3, 0.4) is 0 Å². The maximum atomic E-state index is 11.7. The Morgan fingerprint density at radius 2 is 1.77 bits per heavy atom. The Hall–Kier alpha value is -3.01. The van der Waals surface area contributed by atoms with E-state index in [1.165, 1.54) is 6.08 Å². The molecule has 4 heteroatoms. The highest BCUT2D eigenvalue weighted by molar-refractivity contribution is 5.87. The van der Waals surface area contributed by atoms with Gasteiger partial charge in [-0.15, -0.1) is 0 Å². The maximum Gasteiger partial charge on any atom is 0.244 e. The first kappa shape index (κ1) is 15.4. The first-order valence-electron chi connectivity index (χ1n) is 6.96. The van der Waals surface area contributed by atoms with Crippen LogP contribution in [0.15, 0.2) is 66.8 Å². The lowest BCUT2D eigenvalue weighted by molar-refractivity contribution is -0.116. The number of nitrogen functional groups attached to an aromatic ring is 2. The standard InChI is InChI=1S/C18H19N3O/c19-16-11-10-14(12-17(16)20)6-4-5-9-18(22)21-13-15-7-2-1-3-8-15/h1-12H,13,19-20H2,(H,21,22)/b6-4+,9-5+. The second-order valence-corrected chi connectivity index (χ2v) is 4.81. The van der Waals surface area contributed by atoms with E-state index in [4.69, 9.17) is 11.5 Å². The Balaban J connectivity index is 1.82. The Labute approximate surface area is 130 Å². The minimum absolute atomic E-state index is 0.134. The molecule has 0 radical (unpaired) electrons. The molecular weight excluding hydrogens is 274 g/mol. The molecular formula is C18H19N3O. The van der Waals surface area contributed by atoms with Crippen LogP contribution >= 0.6 is 0 Å². The van der Waals surface area contributed by atoms with Gasteiger partial charge in [-0.3, -0.25) is 4.79 Å². The number of hydrogen-bond donors (Lipinski definition) is 3. The van der Waals surface area contributed by atoms with E-state index in [9.17, 15) is 4.79 Å². The first-order valence-corrected chi connectivity index (χ1v) is 6.96. The summed E-state index contributed by atoms with van der Waals surface area (Å²) in [7, 11) is 0. The van der Waals surface area contributed by atoms with Gasteiger partial charge in [-0.25, -0.2) is 0 Å². The van der Waals surface area contributed by atoms with Crippen LogP contribution in [0.2, 0.25) is 0 Å². The predicted octanol–water partition coefficient (Wildman–Crippen LogP) is 2.74. The van der Waals surface area contributed by atoms with Crippen molar-refractivity contribution in [2.45, 2.75) is 6.54 Å². The highest BCUT2D eigenvalue weighted by atomic mass is 16.1. The first-order chi connectivity index (χ1) is 10.6. The third-order valence-electron chi connectivity index (χ3n) is 3.07. The zero-order chi connectivity index (χ0) is 15.8. The van der Waals surface area contributed by atoms with E-state index >= 15 is 0 Å². The largest absolute Gasteiger partial charge is 0.397 e. The van der Waals surface area contributed by atoms with E-state index in [1.807, 2.05) is 42.5 Å². The van der Waals surface area contributed by atoms with Crippen LogP contribution in [-0.2, 0) is 11.3 Å². The van der Waals surface area contributed by atoms with Gasteiger partial charge in [0, 0.05) is 12.6 Å². The molecule has 0 bridgehead atoms. The summed E-state index contributed by atoms with van der Waals surface area (Å²) >= 11 is 0. The van der Waals surface area contributed by atoms with Crippen molar-refractivity contribution in [1.82, 2.24) is 5.32 Å². The Morgan fingerprint density at radius 1 is 1.00 bits per heavy atom. The van der Waals surface area contributed by atoms with Crippen molar-refractivity contribution in [2.24, 2.45) is 0 Å². The summed E-state index contributed by atoms with van der Waals surface area (Å²) in [6, 6.07) is 15.2. The van der Waals surface area contributed by atoms with E-state index in [-0.39, 0.29) is 5.91 Å². The number of allylic oxidation sites excluding steroid dienone is 2. The fourth-order valence-electron chi connectivity index (χ4n) is 1.85. The van der Waals surface area contributed by atoms with Gasteiger partial charge in [-0.2, -0.15) is 0 Å². The summed E-state index contributed by atoms with van der Waals surface area (Å²) in [6.07, 6.45) is 6.82.